The van der Waals surface area contributed by atoms with Gasteiger partial charge in [-0.3, -0.25) is 0 Å². The standard InChI is InChI=1S/C15H26N2/c1-6-12(2)10-13-8-7-9-14(17-13)16-11-15(3,4)5/h7-9,12H,6,10-11H2,1-5H3,(H,16,17). The molecule has 1 aromatic rings. The summed E-state index contributed by atoms with van der Waals surface area (Å²) in [4.78, 5) is 4.65. The lowest BCUT2D eigenvalue weighted by molar-refractivity contribution is 0.442. The fourth-order valence-corrected chi connectivity index (χ4v) is 1.55. The van der Waals surface area contributed by atoms with Crippen molar-refractivity contribution in [1.82, 2.24) is 4.98 Å². The Morgan fingerprint density at radius 1 is 1.29 bits per heavy atom. The Hall–Kier alpha value is -1.05. The summed E-state index contributed by atoms with van der Waals surface area (Å²) in [6.07, 6.45) is 2.28. The van der Waals surface area contributed by atoms with Crippen LogP contribution in [0.2, 0.25) is 0 Å². The number of nitrogens with one attached hydrogen (secondary N) is 1. The van der Waals surface area contributed by atoms with Crippen molar-refractivity contribution in [1.29, 1.82) is 0 Å². The van der Waals surface area contributed by atoms with Crippen molar-refractivity contribution in [3.8, 4) is 0 Å². The van der Waals surface area contributed by atoms with Gasteiger partial charge in [0.15, 0.2) is 0 Å². The van der Waals surface area contributed by atoms with Gasteiger partial charge in [0, 0.05) is 12.2 Å². The molecule has 1 atom stereocenters. The Labute approximate surface area is 106 Å². The zero-order chi connectivity index (χ0) is 12.9. The van der Waals surface area contributed by atoms with E-state index in [2.05, 4.69) is 57.1 Å². The minimum absolute atomic E-state index is 0.286. The van der Waals surface area contributed by atoms with Gasteiger partial charge in [-0.1, -0.05) is 47.1 Å². The summed E-state index contributed by atoms with van der Waals surface area (Å²) >= 11 is 0. The van der Waals surface area contributed by atoms with E-state index in [0.717, 1.165) is 18.8 Å². The number of rotatable bonds is 5. The second-order valence-corrected chi connectivity index (χ2v) is 6.15. The molecule has 0 aliphatic rings. The summed E-state index contributed by atoms with van der Waals surface area (Å²) in [7, 11) is 0. The second kappa shape index (κ2) is 6.04. The van der Waals surface area contributed by atoms with Gasteiger partial charge in [0.2, 0.25) is 0 Å². The van der Waals surface area contributed by atoms with Gasteiger partial charge in [-0.25, -0.2) is 4.98 Å². The lowest BCUT2D eigenvalue weighted by Gasteiger charge is -2.19. The van der Waals surface area contributed by atoms with E-state index in [1.54, 1.807) is 0 Å². The van der Waals surface area contributed by atoms with E-state index in [4.69, 9.17) is 0 Å². The maximum atomic E-state index is 4.65. The van der Waals surface area contributed by atoms with E-state index >= 15 is 0 Å². The largest absolute Gasteiger partial charge is 0.370 e. The molecule has 0 saturated carbocycles. The molecule has 1 unspecified atom stereocenters. The van der Waals surface area contributed by atoms with Crippen LogP contribution in [0.15, 0.2) is 18.2 Å². The molecular weight excluding hydrogens is 208 g/mol. The van der Waals surface area contributed by atoms with Gasteiger partial charge >= 0.3 is 0 Å². The Morgan fingerprint density at radius 2 is 2.00 bits per heavy atom. The zero-order valence-electron chi connectivity index (χ0n) is 11.9. The van der Waals surface area contributed by atoms with Crippen LogP contribution in [-0.4, -0.2) is 11.5 Å². The quantitative estimate of drug-likeness (QED) is 0.828. The third kappa shape index (κ3) is 5.71. The first kappa shape index (κ1) is 14.0. The van der Waals surface area contributed by atoms with Gasteiger partial charge in [0.1, 0.15) is 5.82 Å². The molecule has 0 radical (unpaired) electrons. The van der Waals surface area contributed by atoms with Crippen LogP contribution in [0.3, 0.4) is 0 Å². The smallest absolute Gasteiger partial charge is 0.126 e. The molecule has 0 saturated heterocycles. The Morgan fingerprint density at radius 3 is 2.59 bits per heavy atom. The molecule has 0 spiro atoms. The van der Waals surface area contributed by atoms with Crippen molar-refractivity contribution in [2.24, 2.45) is 11.3 Å². The molecule has 0 amide bonds. The minimum atomic E-state index is 0.286. The molecule has 0 fully saturated rings. The molecule has 1 N–H and O–H groups in total. The van der Waals surface area contributed by atoms with Crippen LogP contribution in [0.25, 0.3) is 0 Å². The Balaban J connectivity index is 2.60. The highest BCUT2D eigenvalue weighted by molar-refractivity contribution is 5.35. The van der Waals surface area contributed by atoms with Crippen molar-refractivity contribution >= 4 is 5.82 Å². The molecule has 0 aromatic carbocycles. The van der Waals surface area contributed by atoms with Gasteiger partial charge < -0.3 is 5.32 Å². The molecule has 0 aliphatic heterocycles. The Bertz CT molecular complexity index is 339. The number of nitrogens with zero attached hydrogens (tertiary/aromatic N) is 1. The van der Waals surface area contributed by atoms with Gasteiger partial charge in [0.25, 0.3) is 0 Å². The topological polar surface area (TPSA) is 24.9 Å². The lowest BCUT2D eigenvalue weighted by Crippen LogP contribution is -2.19. The van der Waals surface area contributed by atoms with Crippen molar-refractivity contribution in [3.63, 3.8) is 0 Å². The zero-order valence-corrected chi connectivity index (χ0v) is 11.9. The van der Waals surface area contributed by atoms with E-state index in [9.17, 15) is 0 Å². The summed E-state index contributed by atoms with van der Waals surface area (Å²) < 4.78 is 0. The van der Waals surface area contributed by atoms with E-state index < -0.39 is 0 Å². The van der Waals surface area contributed by atoms with Crippen LogP contribution >= 0.6 is 0 Å². The first-order valence-corrected chi connectivity index (χ1v) is 6.60. The van der Waals surface area contributed by atoms with E-state index in [0.29, 0.717) is 5.92 Å². The molecular formula is C15H26N2. The van der Waals surface area contributed by atoms with Gasteiger partial charge in [-0.2, -0.15) is 0 Å². The number of hydrogen-bond donors (Lipinski definition) is 1. The molecule has 1 rings (SSSR count). The van der Waals surface area contributed by atoms with E-state index in [1.165, 1.54) is 12.1 Å². The minimum Gasteiger partial charge on any atom is -0.370 e. The summed E-state index contributed by atoms with van der Waals surface area (Å²) in [5.74, 6) is 1.71. The molecule has 17 heavy (non-hydrogen) atoms. The van der Waals surface area contributed by atoms with Crippen LogP contribution in [0.5, 0.6) is 0 Å². The third-order valence-electron chi connectivity index (χ3n) is 2.86. The van der Waals surface area contributed by atoms with Crippen LogP contribution in [0.1, 0.15) is 46.7 Å². The molecule has 1 aromatic heterocycles. The SMILES string of the molecule is CCC(C)Cc1cccc(NCC(C)(C)C)n1. The predicted molar refractivity (Wildman–Crippen MR) is 75.3 cm³/mol. The summed E-state index contributed by atoms with van der Waals surface area (Å²) in [6.45, 7) is 12.1. The van der Waals surface area contributed by atoms with Crippen molar-refractivity contribution in [3.05, 3.63) is 23.9 Å². The number of aromatic nitrogens is 1. The first-order valence-electron chi connectivity index (χ1n) is 6.60. The number of pyridine rings is 1. The lowest BCUT2D eigenvalue weighted by atomic mass is 9.97. The highest BCUT2D eigenvalue weighted by Gasteiger charge is 2.10. The van der Waals surface area contributed by atoms with Gasteiger partial charge in [-0.05, 0) is 29.9 Å². The molecule has 2 nitrogen and oxygen atoms in total. The van der Waals surface area contributed by atoms with Crippen molar-refractivity contribution in [2.45, 2.75) is 47.5 Å². The monoisotopic (exact) mass is 234 g/mol. The summed E-state index contributed by atoms with van der Waals surface area (Å²) in [5, 5.41) is 3.41. The molecule has 0 aliphatic carbocycles. The van der Waals surface area contributed by atoms with Gasteiger partial charge in [0.05, 0.1) is 0 Å². The summed E-state index contributed by atoms with van der Waals surface area (Å²) in [6, 6.07) is 6.26. The third-order valence-corrected chi connectivity index (χ3v) is 2.86. The van der Waals surface area contributed by atoms with Crippen LogP contribution in [0.4, 0.5) is 5.82 Å². The van der Waals surface area contributed by atoms with Crippen LogP contribution < -0.4 is 5.32 Å². The number of hydrogen-bond acceptors (Lipinski definition) is 2. The van der Waals surface area contributed by atoms with E-state index in [-0.39, 0.29) is 5.41 Å². The first-order chi connectivity index (χ1) is 7.90. The average Bonchev–Trinajstić information content (AvgIpc) is 2.26. The van der Waals surface area contributed by atoms with Crippen LogP contribution in [-0.2, 0) is 6.42 Å². The molecule has 0 bridgehead atoms. The predicted octanol–water partition coefficient (Wildman–Crippen LogP) is 4.13. The fourth-order valence-electron chi connectivity index (χ4n) is 1.55. The summed E-state index contributed by atoms with van der Waals surface area (Å²) in [5.41, 5.74) is 1.48. The Kier molecular flexibility index (Phi) is 4.98. The van der Waals surface area contributed by atoms with Crippen LogP contribution in [0, 0.1) is 11.3 Å². The fraction of sp³-hybridized carbons (Fsp3) is 0.667. The molecule has 96 valence electrons. The van der Waals surface area contributed by atoms with Gasteiger partial charge in [-0.15, -0.1) is 0 Å². The highest BCUT2D eigenvalue weighted by Crippen LogP contribution is 2.16. The van der Waals surface area contributed by atoms with E-state index in [1.807, 2.05) is 6.07 Å². The molecule has 2 heteroatoms. The van der Waals surface area contributed by atoms with Crippen molar-refractivity contribution < 1.29 is 0 Å². The highest BCUT2D eigenvalue weighted by atomic mass is 15.0. The average molecular weight is 234 g/mol. The number of anilines is 1. The maximum Gasteiger partial charge on any atom is 0.126 e. The maximum absolute atomic E-state index is 4.65. The molecule has 1 heterocycles. The van der Waals surface area contributed by atoms with Crippen molar-refractivity contribution in [2.75, 3.05) is 11.9 Å². The second-order valence-electron chi connectivity index (χ2n) is 6.15. The normalized spacial score (nSPS) is 13.5.